The molecule has 26 heavy (non-hydrogen) atoms. The molecule has 1 aromatic heterocycles. The molecule has 1 aromatic carbocycles. The topological polar surface area (TPSA) is 34.9 Å². The molecular formula is C21H28BrFN2O. The van der Waals surface area contributed by atoms with Gasteiger partial charge in [0.2, 0.25) is 0 Å². The first-order chi connectivity index (χ1) is 12.1. The second-order valence-electron chi connectivity index (χ2n) is 9.07. The standard InChI is InChI=1S/C21H28BrFN2O/c1-20(2,3)13-14(26)7-5-8-17-24-16-10-9-15(23)18(22)19(16)25(17)21(4)11-6-12-21/h9-10H,5-8,11-13H2,1-4H3. The molecule has 0 saturated heterocycles. The molecule has 1 aliphatic rings. The first-order valence-corrected chi connectivity index (χ1v) is 10.3. The number of carbonyl (C=O) groups is 1. The molecule has 0 amide bonds. The van der Waals surface area contributed by atoms with E-state index in [1.165, 1.54) is 12.5 Å². The van der Waals surface area contributed by atoms with Crippen molar-refractivity contribution in [2.24, 2.45) is 5.41 Å². The smallest absolute Gasteiger partial charge is 0.139 e. The molecule has 1 saturated carbocycles. The van der Waals surface area contributed by atoms with Crippen molar-refractivity contribution >= 4 is 32.7 Å². The molecule has 0 bridgehead atoms. The van der Waals surface area contributed by atoms with Crippen molar-refractivity contribution < 1.29 is 9.18 Å². The number of nitrogens with zero attached hydrogens (tertiary/aromatic N) is 2. The zero-order chi connectivity index (χ0) is 19.1. The summed E-state index contributed by atoms with van der Waals surface area (Å²) in [4.78, 5) is 17.0. The summed E-state index contributed by atoms with van der Waals surface area (Å²) in [7, 11) is 0. The molecule has 2 aromatic rings. The number of hydrogen-bond donors (Lipinski definition) is 0. The van der Waals surface area contributed by atoms with E-state index < -0.39 is 0 Å². The van der Waals surface area contributed by atoms with Gasteiger partial charge in [0.1, 0.15) is 17.4 Å². The predicted molar refractivity (Wildman–Crippen MR) is 107 cm³/mol. The van der Waals surface area contributed by atoms with Crippen molar-refractivity contribution in [3.05, 3.63) is 28.2 Å². The van der Waals surface area contributed by atoms with Gasteiger partial charge in [-0.25, -0.2) is 9.37 Å². The number of rotatable bonds is 6. The fourth-order valence-corrected chi connectivity index (χ4v) is 4.45. The number of aryl methyl sites for hydroxylation is 1. The number of Topliss-reactive ketones (excluding diaryl/α,β-unsaturated/α-hetero) is 1. The Morgan fingerprint density at radius 3 is 2.62 bits per heavy atom. The van der Waals surface area contributed by atoms with E-state index in [0.717, 1.165) is 42.5 Å². The second kappa shape index (κ2) is 7.06. The lowest BCUT2D eigenvalue weighted by molar-refractivity contribution is -0.120. The Morgan fingerprint density at radius 1 is 1.35 bits per heavy atom. The molecule has 0 N–H and O–H groups in total. The van der Waals surface area contributed by atoms with Crippen molar-refractivity contribution in [3.63, 3.8) is 0 Å². The summed E-state index contributed by atoms with van der Waals surface area (Å²) >= 11 is 3.43. The largest absolute Gasteiger partial charge is 0.321 e. The molecule has 142 valence electrons. The zero-order valence-corrected chi connectivity index (χ0v) is 17.7. The predicted octanol–water partition coefficient (Wildman–Crippen LogP) is 6.17. The molecule has 0 aliphatic heterocycles. The van der Waals surface area contributed by atoms with Gasteiger partial charge in [0.05, 0.1) is 15.5 Å². The molecule has 1 heterocycles. The van der Waals surface area contributed by atoms with Crippen molar-refractivity contribution in [3.8, 4) is 0 Å². The number of aromatic nitrogens is 2. The van der Waals surface area contributed by atoms with Gasteiger partial charge in [-0.05, 0) is 66.1 Å². The molecule has 5 heteroatoms. The van der Waals surface area contributed by atoms with Crippen LogP contribution in [-0.4, -0.2) is 15.3 Å². The van der Waals surface area contributed by atoms with Crippen LogP contribution in [0.25, 0.3) is 11.0 Å². The fourth-order valence-electron chi connectivity index (χ4n) is 3.94. The average molecular weight is 423 g/mol. The zero-order valence-electron chi connectivity index (χ0n) is 16.2. The van der Waals surface area contributed by atoms with Crippen molar-refractivity contribution in [2.75, 3.05) is 0 Å². The van der Waals surface area contributed by atoms with Crippen LogP contribution in [0.3, 0.4) is 0 Å². The Labute approximate surface area is 163 Å². The Kier molecular flexibility index (Phi) is 5.31. The first-order valence-electron chi connectivity index (χ1n) is 9.48. The summed E-state index contributed by atoms with van der Waals surface area (Å²) in [6.45, 7) is 8.50. The van der Waals surface area contributed by atoms with Crippen LogP contribution in [0.5, 0.6) is 0 Å². The Bertz CT molecular complexity index is 831. The molecule has 0 spiro atoms. The maximum absolute atomic E-state index is 14.1. The normalized spacial score (nSPS) is 16.7. The van der Waals surface area contributed by atoms with Gasteiger partial charge in [-0.3, -0.25) is 4.79 Å². The van der Waals surface area contributed by atoms with E-state index in [-0.39, 0.29) is 16.8 Å². The van der Waals surface area contributed by atoms with Gasteiger partial charge in [0.25, 0.3) is 0 Å². The van der Waals surface area contributed by atoms with E-state index >= 15 is 0 Å². The van der Waals surface area contributed by atoms with E-state index in [9.17, 15) is 9.18 Å². The SMILES string of the molecule is CC(C)(C)CC(=O)CCCc1nc2ccc(F)c(Br)c2n1C1(C)CCC1. The Balaban J connectivity index is 1.85. The Hall–Kier alpha value is -1.23. The van der Waals surface area contributed by atoms with Gasteiger partial charge in [0.15, 0.2) is 0 Å². The van der Waals surface area contributed by atoms with Crippen LogP contribution in [-0.2, 0) is 16.8 Å². The number of ketones is 1. The van der Waals surface area contributed by atoms with E-state index in [1.807, 2.05) is 0 Å². The van der Waals surface area contributed by atoms with Gasteiger partial charge in [-0.15, -0.1) is 0 Å². The summed E-state index contributed by atoms with van der Waals surface area (Å²) < 4.78 is 16.9. The maximum Gasteiger partial charge on any atom is 0.139 e. The third kappa shape index (κ3) is 3.88. The molecule has 0 radical (unpaired) electrons. The van der Waals surface area contributed by atoms with Crippen LogP contribution >= 0.6 is 15.9 Å². The highest BCUT2D eigenvalue weighted by Gasteiger charge is 2.37. The van der Waals surface area contributed by atoms with Gasteiger partial charge < -0.3 is 4.57 Å². The van der Waals surface area contributed by atoms with Crippen LogP contribution in [0, 0.1) is 11.2 Å². The van der Waals surface area contributed by atoms with E-state index in [2.05, 4.69) is 48.2 Å². The fraction of sp³-hybridized carbons (Fsp3) is 0.619. The molecule has 3 nitrogen and oxygen atoms in total. The van der Waals surface area contributed by atoms with Gasteiger partial charge >= 0.3 is 0 Å². The number of fused-ring (bicyclic) bond motifs is 1. The third-order valence-electron chi connectivity index (χ3n) is 5.33. The van der Waals surface area contributed by atoms with E-state index in [1.54, 1.807) is 6.07 Å². The van der Waals surface area contributed by atoms with Crippen LogP contribution in [0.2, 0.25) is 0 Å². The summed E-state index contributed by atoms with van der Waals surface area (Å²) in [6.07, 6.45) is 6.06. The lowest BCUT2D eigenvalue weighted by Crippen LogP contribution is -2.38. The van der Waals surface area contributed by atoms with Gasteiger partial charge in [-0.1, -0.05) is 20.8 Å². The molecule has 0 unspecified atom stereocenters. The minimum atomic E-state index is -0.256. The lowest BCUT2D eigenvalue weighted by atomic mass is 9.78. The molecule has 0 atom stereocenters. The first kappa shape index (κ1) is 19.5. The van der Waals surface area contributed by atoms with Crippen LogP contribution in [0.15, 0.2) is 16.6 Å². The van der Waals surface area contributed by atoms with E-state index in [0.29, 0.717) is 23.1 Å². The van der Waals surface area contributed by atoms with Crippen molar-refractivity contribution in [1.82, 2.24) is 9.55 Å². The summed E-state index contributed by atoms with van der Waals surface area (Å²) in [6, 6.07) is 3.21. The average Bonchev–Trinajstić information content (AvgIpc) is 2.86. The number of imidazole rings is 1. The number of benzene rings is 1. The van der Waals surface area contributed by atoms with Crippen LogP contribution in [0.1, 0.15) is 72.0 Å². The molecule has 3 rings (SSSR count). The summed E-state index contributed by atoms with van der Waals surface area (Å²) in [5.41, 5.74) is 1.70. The maximum atomic E-state index is 14.1. The number of halogens is 2. The minimum absolute atomic E-state index is 0.00415. The highest BCUT2D eigenvalue weighted by atomic mass is 79.9. The summed E-state index contributed by atoms with van der Waals surface area (Å²) in [5.74, 6) is 1.02. The van der Waals surface area contributed by atoms with Crippen LogP contribution in [0.4, 0.5) is 4.39 Å². The molecule has 1 aliphatic carbocycles. The van der Waals surface area contributed by atoms with Gasteiger partial charge in [0, 0.05) is 24.8 Å². The number of hydrogen-bond acceptors (Lipinski definition) is 2. The quantitative estimate of drug-likeness (QED) is 0.557. The van der Waals surface area contributed by atoms with Crippen LogP contribution < -0.4 is 0 Å². The number of carbonyl (C=O) groups excluding carboxylic acids is 1. The van der Waals surface area contributed by atoms with Gasteiger partial charge in [-0.2, -0.15) is 0 Å². The second-order valence-corrected chi connectivity index (χ2v) is 9.87. The monoisotopic (exact) mass is 422 g/mol. The molecule has 1 fully saturated rings. The van der Waals surface area contributed by atoms with Crippen molar-refractivity contribution in [1.29, 1.82) is 0 Å². The summed E-state index contributed by atoms with van der Waals surface area (Å²) in [5, 5.41) is 0. The lowest BCUT2D eigenvalue weighted by Gasteiger charge is -2.41. The Morgan fingerprint density at radius 2 is 2.04 bits per heavy atom. The minimum Gasteiger partial charge on any atom is -0.321 e. The highest BCUT2D eigenvalue weighted by Crippen LogP contribution is 2.43. The highest BCUT2D eigenvalue weighted by molar-refractivity contribution is 9.10. The van der Waals surface area contributed by atoms with Crippen molar-refractivity contribution in [2.45, 2.75) is 78.2 Å². The van der Waals surface area contributed by atoms with E-state index in [4.69, 9.17) is 4.98 Å². The third-order valence-corrected chi connectivity index (χ3v) is 6.09. The molecular weight excluding hydrogens is 395 g/mol.